The Morgan fingerprint density at radius 3 is 2.71 bits per heavy atom. The molecule has 1 heterocycles. The smallest absolute Gasteiger partial charge is 0.383 e. The van der Waals surface area contributed by atoms with E-state index in [1.807, 2.05) is 7.05 Å². The second-order valence-corrected chi connectivity index (χ2v) is 5.14. The first-order chi connectivity index (χ1) is 9.79. The Morgan fingerprint density at radius 2 is 2.19 bits per heavy atom. The van der Waals surface area contributed by atoms with Gasteiger partial charge in [0.1, 0.15) is 0 Å². The van der Waals surface area contributed by atoms with Gasteiger partial charge in [-0.05, 0) is 32.5 Å². The second kappa shape index (κ2) is 5.88. The average Bonchev–Trinajstić information content (AvgIpc) is 2.80. The van der Waals surface area contributed by atoms with Crippen molar-refractivity contribution in [1.82, 2.24) is 4.90 Å². The van der Waals surface area contributed by atoms with Gasteiger partial charge in [-0.2, -0.15) is 13.2 Å². The Hall–Kier alpha value is -1.83. The molecule has 21 heavy (non-hydrogen) atoms. The highest BCUT2D eigenvalue weighted by molar-refractivity contribution is 5.57. The number of halogens is 3. The van der Waals surface area contributed by atoms with Crippen LogP contribution in [0.5, 0.6) is 0 Å². The van der Waals surface area contributed by atoms with Crippen LogP contribution >= 0.6 is 0 Å². The Balaban J connectivity index is 2.19. The van der Waals surface area contributed by atoms with Gasteiger partial charge < -0.3 is 10.2 Å². The summed E-state index contributed by atoms with van der Waals surface area (Å²) in [5.41, 5.74) is -1.68. The topological polar surface area (TPSA) is 58.4 Å². The van der Waals surface area contributed by atoms with Crippen LogP contribution in [0.3, 0.4) is 0 Å². The number of anilines is 1. The molecule has 2 rings (SSSR count). The van der Waals surface area contributed by atoms with Gasteiger partial charge in [0.05, 0.1) is 10.5 Å². The fourth-order valence-corrected chi connectivity index (χ4v) is 2.50. The van der Waals surface area contributed by atoms with Crippen LogP contribution < -0.4 is 5.32 Å². The van der Waals surface area contributed by atoms with Gasteiger partial charge in [-0.25, -0.2) is 0 Å². The molecule has 1 saturated heterocycles. The van der Waals surface area contributed by atoms with Gasteiger partial charge in [-0.1, -0.05) is 0 Å². The summed E-state index contributed by atoms with van der Waals surface area (Å²) >= 11 is 0. The van der Waals surface area contributed by atoms with Crippen molar-refractivity contribution in [2.45, 2.75) is 25.1 Å². The molecule has 1 unspecified atom stereocenters. The van der Waals surface area contributed by atoms with Crippen molar-refractivity contribution in [3.8, 4) is 0 Å². The minimum Gasteiger partial charge on any atom is -0.383 e. The number of nitrogens with zero attached hydrogens (tertiary/aromatic N) is 2. The number of hydrogen-bond acceptors (Lipinski definition) is 4. The number of nitro benzene ring substituents is 1. The minimum absolute atomic E-state index is 0.117. The Morgan fingerprint density at radius 1 is 1.48 bits per heavy atom. The van der Waals surface area contributed by atoms with Gasteiger partial charge in [0.25, 0.3) is 5.69 Å². The number of alkyl halides is 3. The zero-order valence-corrected chi connectivity index (χ0v) is 11.5. The molecular weight excluding hydrogens is 287 g/mol. The van der Waals surface area contributed by atoms with E-state index in [-0.39, 0.29) is 11.7 Å². The van der Waals surface area contributed by atoms with E-state index in [1.54, 1.807) is 0 Å². The fourth-order valence-electron chi connectivity index (χ4n) is 2.50. The number of likely N-dealkylation sites (N-methyl/N-ethyl adjacent to an activating group) is 1. The van der Waals surface area contributed by atoms with Crippen LogP contribution in [-0.2, 0) is 6.18 Å². The summed E-state index contributed by atoms with van der Waals surface area (Å²) in [4.78, 5) is 11.9. The maximum atomic E-state index is 13.0. The number of likely N-dealkylation sites (tertiary alicyclic amines) is 1. The maximum Gasteiger partial charge on any atom is 0.418 e. The molecule has 1 N–H and O–H groups in total. The third kappa shape index (κ3) is 3.63. The van der Waals surface area contributed by atoms with E-state index in [1.165, 1.54) is 0 Å². The normalized spacial score (nSPS) is 19.7. The lowest BCUT2D eigenvalue weighted by Crippen LogP contribution is -2.32. The van der Waals surface area contributed by atoms with Gasteiger partial charge >= 0.3 is 6.18 Å². The van der Waals surface area contributed by atoms with Crippen LogP contribution in [0.15, 0.2) is 18.2 Å². The largest absolute Gasteiger partial charge is 0.418 e. The van der Waals surface area contributed by atoms with Crippen LogP contribution in [0.25, 0.3) is 0 Å². The Kier molecular flexibility index (Phi) is 4.36. The highest BCUT2D eigenvalue weighted by atomic mass is 19.4. The number of hydrogen-bond donors (Lipinski definition) is 1. The van der Waals surface area contributed by atoms with Crippen molar-refractivity contribution >= 4 is 11.4 Å². The Bertz CT molecular complexity index is 534. The summed E-state index contributed by atoms with van der Waals surface area (Å²) < 4.78 is 39.0. The van der Waals surface area contributed by atoms with Crippen LogP contribution in [0.4, 0.5) is 24.5 Å². The summed E-state index contributed by atoms with van der Waals surface area (Å²) in [5, 5.41) is 13.4. The van der Waals surface area contributed by atoms with Gasteiger partial charge in [-0.15, -0.1) is 0 Å². The SMILES string of the molecule is CN1CCCC1CNc1ccc([N+](=O)[O-])cc1C(F)(F)F. The van der Waals surface area contributed by atoms with Crippen LogP contribution in [0.1, 0.15) is 18.4 Å². The van der Waals surface area contributed by atoms with Crippen LogP contribution in [0, 0.1) is 10.1 Å². The summed E-state index contributed by atoms with van der Waals surface area (Å²) in [6, 6.07) is 2.95. The predicted octanol–water partition coefficient (Wildman–Crippen LogP) is 3.12. The van der Waals surface area contributed by atoms with Gasteiger partial charge in [0, 0.05) is 30.4 Å². The molecule has 8 heteroatoms. The van der Waals surface area contributed by atoms with Crippen molar-refractivity contribution in [2.24, 2.45) is 0 Å². The summed E-state index contributed by atoms with van der Waals surface area (Å²) in [6.07, 6.45) is -2.68. The summed E-state index contributed by atoms with van der Waals surface area (Å²) in [7, 11) is 1.93. The molecule has 116 valence electrons. The number of benzene rings is 1. The van der Waals surface area contributed by atoms with E-state index in [9.17, 15) is 23.3 Å². The molecule has 5 nitrogen and oxygen atoms in total. The molecule has 0 saturated carbocycles. The molecule has 0 radical (unpaired) electrons. The first-order valence-electron chi connectivity index (χ1n) is 6.59. The van der Waals surface area contributed by atoms with Gasteiger partial charge in [0.2, 0.25) is 0 Å². The maximum absolute atomic E-state index is 13.0. The lowest BCUT2D eigenvalue weighted by Gasteiger charge is -2.21. The standard InChI is InChI=1S/C13H16F3N3O2/c1-18-6-2-3-10(18)8-17-12-5-4-9(19(20)21)7-11(12)13(14,15)16/h4-5,7,10,17H,2-3,6,8H2,1H3. The number of nitrogens with one attached hydrogen (secondary N) is 1. The number of nitro groups is 1. The van der Waals surface area contributed by atoms with E-state index in [0.29, 0.717) is 12.6 Å². The monoisotopic (exact) mass is 303 g/mol. The lowest BCUT2D eigenvalue weighted by molar-refractivity contribution is -0.385. The highest BCUT2D eigenvalue weighted by Crippen LogP contribution is 2.37. The lowest BCUT2D eigenvalue weighted by atomic mass is 10.1. The first kappa shape index (κ1) is 15.6. The van der Waals surface area contributed by atoms with E-state index in [4.69, 9.17) is 0 Å². The molecule has 1 aliphatic rings. The molecule has 0 aliphatic carbocycles. The number of rotatable bonds is 4. The zero-order chi connectivity index (χ0) is 15.6. The molecule has 0 spiro atoms. The quantitative estimate of drug-likeness (QED) is 0.686. The van der Waals surface area contributed by atoms with Crippen molar-refractivity contribution in [3.63, 3.8) is 0 Å². The molecule has 1 aromatic rings. The van der Waals surface area contributed by atoms with Crippen molar-refractivity contribution in [3.05, 3.63) is 33.9 Å². The predicted molar refractivity (Wildman–Crippen MR) is 72.2 cm³/mol. The zero-order valence-electron chi connectivity index (χ0n) is 11.5. The van der Waals surface area contributed by atoms with Gasteiger partial charge in [-0.3, -0.25) is 10.1 Å². The van der Waals surface area contributed by atoms with Gasteiger partial charge in [0.15, 0.2) is 0 Å². The van der Waals surface area contributed by atoms with E-state index in [2.05, 4.69) is 10.2 Å². The summed E-state index contributed by atoms with van der Waals surface area (Å²) in [6.45, 7) is 1.32. The second-order valence-electron chi connectivity index (χ2n) is 5.14. The molecule has 1 aromatic carbocycles. The average molecular weight is 303 g/mol. The van der Waals surface area contributed by atoms with E-state index in [0.717, 1.165) is 31.5 Å². The molecule has 1 atom stereocenters. The van der Waals surface area contributed by atoms with Crippen molar-refractivity contribution in [1.29, 1.82) is 0 Å². The molecule has 0 aromatic heterocycles. The first-order valence-corrected chi connectivity index (χ1v) is 6.59. The van der Waals surface area contributed by atoms with E-state index < -0.39 is 22.4 Å². The van der Waals surface area contributed by atoms with Crippen molar-refractivity contribution < 1.29 is 18.1 Å². The molecule has 1 aliphatic heterocycles. The third-order valence-corrected chi connectivity index (χ3v) is 3.72. The van der Waals surface area contributed by atoms with E-state index >= 15 is 0 Å². The molecule has 0 amide bonds. The van der Waals surface area contributed by atoms with Crippen LogP contribution in [-0.4, -0.2) is 36.0 Å². The molecular formula is C13H16F3N3O2. The fraction of sp³-hybridized carbons (Fsp3) is 0.538. The minimum atomic E-state index is -4.63. The Labute approximate surface area is 119 Å². The van der Waals surface area contributed by atoms with Crippen molar-refractivity contribution in [2.75, 3.05) is 25.5 Å². The van der Waals surface area contributed by atoms with Crippen LogP contribution in [0.2, 0.25) is 0 Å². The third-order valence-electron chi connectivity index (χ3n) is 3.72. The number of non-ortho nitro benzene ring substituents is 1. The highest BCUT2D eigenvalue weighted by Gasteiger charge is 2.35. The molecule has 1 fully saturated rings. The molecule has 0 bridgehead atoms. The summed E-state index contributed by atoms with van der Waals surface area (Å²) in [5.74, 6) is 0.